The number of esters is 1. The van der Waals surface area contributed by atoms with Gasteiger partial charge in [0.25, 0.3) is 5.56 Å². The fourth-order valence-corrected chi connectivity index (χ4v) is 3.29. The molecule has 0 unspecified atom stereocenters. The SMILES string of the molecule is CCCn1c(N)c(C(=O)COC(=O)c2ccc(C(=O)c3ccccc3)cc2)c(=O)n(C)c1=O. The van der Waals surface area contributed by atoms with Crippen LogP contribution in [0.4, 0.5) is 5.82 Å². The van der Waals surface area contributed by atoms with Crippen LogP contribution in [0.5, 0.6) is 0 Å². The highest BCUT2D eigenvalue weighted by Crippen LogP contribution is 2.13. The zero-order valence-electron chi connectivity index (χ0n) is 18.2. The number of hydrogen-bond acceptors (Lipinski definition) is 7. The van der Waals surface area contributed by atoms with Crippen molar-refractivity contribution in [2.24, 2.45) is 7.05 Å². The third-order valence-electron chi connectivity index (χ3n) is 5.06. The van der Waals surface area contributed by atoms with Crippen molar-refractivity contribution < 1.29 is 19.1 Å². The Hall–Kier alpha value is -4.27. The maximum absolute atomic E-state index is 12.6. The lowest BCUT2D eigenvalue weighted by Crippen LogP contribution is -2.43. The van der Waals surface area contributed by atoms with Crippen molar-refractivity contribution in [1.82, 2.24) is 9.13 Å². The second-order valence-electron chi connectivity index (χ2n) is 7.33. The van der Waals surface area contributed by atoms with Gasteiger partial charge in [-0.15, -0.1) is 0 Å². The van der Waals surface area contributed by atoms with Gasteiger partial charge in [-0.1, -0.05) is 49.4 Å². The monoisotopic (exact) mass is 449 g/mol. The van der Waals surface area contributed by atoms with Crippen LogP contribution in [0.25, 0.3) is 0 Å². The third-order valence-corrected chi connectivity index (χ3v) is 5.06. The van der Waals surface area contributed by atoms with Gasteiger partial charge in [-0.05, 0) is 18.6 Å². The summed E-state index contributed by atoms with van der Waals surface area (Å²) in [7, 11) is 1.25. The minimum atomic E-state index is -0.852. The lowest BCUT2D eigenvalue weighted by Gasteiger charge is -2.13. The van der Waals surface area contributed by atoms with Gasteiger partial charge in [-0.2, -0.15) is 0 Å². The molecule has 0 saturated heterocycles. The van der Waals surface area contributed by atoms with Gasteiger partial charge in [0, 0.05) is 24.7 Å². The summed E-state index contributed by atoms with van der Waals surface area (Å²) in [4.78, 5) is 62.1. The number of ketones is 2. The molecular formula is C24H23N3O6. The average Bonchev–Trinajstić information content (AvgIpc) is 2.84. The van der Waals surface area contributed by atoms with Crippen molar-refractivity contribution in [2.75, 3.05) is 12.3 Å². The van der Waals surface area contributed by atoms with Gasteiger partial charge < -0.3 is 10.5 Å². The molecule has 2 aromatic carbocycles. The molecule has 33 heavy (non-hydrogen) atoms. The van der Waals surface area contributed by atoms with Gasteiger partial charge >= 0.3 is 11.7 Å². The molecule has 9 nitrogen and oxygen atoms in total. The van der Waals surface area contributed by atoms with Crippen molar-refractivity contribution in [3.8, 4) is 0 Å². The first-order valence-electron chi connectivity index (χ1n) is 10.3. The number of ether oxygens (including phenoxy) is 1. The molecule has 0 spiro atoms. The number of nitrogen functional groups attached to an aromatic ring is 1. The first-order chi connectivity index (χ1) is 15.8. The second-order valence-corrected chi connectivity index (χ2v) is 7.33. The number of rotatable bonds is 8. The molecule has 0 saturated carbocycles. The number of benzene rings is 2. The van der Waals surface area contributed by atoms with Crippen molar-refractivity contribution in [2.45, 2.75) is 19.9 Å². The van der Waals surface area contributed by atoms with Gasteiger partial charge in [0.1, 0.15) is 11.4 Å². The van der Waals surface area contributed by atoms with E-state index in [1.165, 1.54) is 31.3 Å². The Morgan fingerprint density at radius 3 is 2.09 bits per heavy atom. The first-order valence-corrected chi connectivity index (χ1v) is 10.3. The summed E-state index contributed by atoms with van der Waals surface area (Å²) >= 11 is 0. The van der Waals surface area contributed by atoms with E-state index in [1.807, 2.05) is 6.92 Å². The van der Waals surface area contributed by atoms with E-state index in [1.54, 1.807) is 30.3 Å². The maximum atomic E-state index is 12.6. The highest BCUT2D eigenvalue weighted by molar-refractivity contribution is 6.09. The molecule has 170 valence electrons. The van der Waals surface area contributed by atoms with Gasteiger partial charge in [-0.25, -0.2) is 9.59 Å². The van der Waals surface area contributed by atoms with Crippen LogP contribution < -0.4 is 17.0 Å². The van der Waals surface area contributed by atoms with Gasteiger partial charge in [0.2, 0.25) is 5.78 Å². The van der Waals surface area contributed by atoms with Crippen LogP contribution in [0.3, 0.4) is 0 Å². The Kier molecular flexibility index (Phi) is 7.02. The minimum Gasteiger partial charge on any atom is -0.454 e. The largest absolute Gasteiger partial charge is 0.454 e. The summed E-state index contributed by atoms with van der Waals surface area (Å²) < 4.78 is 6.98. The second kappa shape index (κ2) is 9.90. The maximum Gasteiger partial charge on any atom is 0.338 e. The van der Waals surface area contributed by atoms with Crippen LogP contribution in [0, 0.1) is 0 Å². The standard InChI is InChI=1S/C24H23N3O6/c1-3-13-27-21(25)19(22(30)26(2)24(27)32)18(28)14-33-23(31)17-11-9-16(10-12-17)20(29)15-7-5-4-6-8-15/h4-12H,3,13-14,25H2,1-2H3. The highest BCUT2D eigenvalue weighted by atomic mass is 16.5. The van der Waals surface area contributed by atoms with E-state index in [9.17, 15) is 24.0 Å². The van der Waals surface area contributed by atoms with E-state index in [2.05, 4.69) is 0 Å². The molecule has 3 aromatic rings. The quantitative estimate of drug-likeness (QED) is 0.410. The molecule has 9 heteroatoms. The Bertz CT molecular complexity index is 1320. The molecule has 0 aliphatic carbocycles. The topological polar surface area (TPSA) is 130 Å². The molecule has 0 amide bonds. The normalized spacial score (nSPS) is 10.6. The predicted octanol–water partition coefficient (Wildman–Crippen LogP) is 1.81. The summed E-state index contributed by atoms with van der Waals surface area (Å²) in [6.07, 6.45) is 0.563. The third kappa shape index (κ3) is 4.82. The number of hydrogen-bond donors (Lipinski definition) is 1. The molecule has 0 bridgehead atoms. The lowest BCUT2D eigenvalue weighted by molar-refractivity contribution is 0.0474. The molecule has 0 aliphatic heterocycles. The summed E-state index contributed by atoms with van der Waals surface area (Å²) in [5.74, 6) is -2.07. The molecule has 0 aliphatic rings. The van der Waals surface area contributed by atoms with Crippen molar-refractivity contribution in [3.63, 3.8) is 0 Å². The summed E-state index contributed by atoms with van der Waals surface area (Å²) in [6, 6.07) is 14.5. The predicted molar refractivity (Wildman–Crippen MR) is 122 cm³/mol. The van der Waals surface area contributed by atoms with Crippen LogP contribution in [0.2, 0.25) is 0 Å². The first kappa shape index (κ1) is 23.4. The zero-order chi connectivity index (χ0) is 24.1. The van der Waals surface area contributed by atoms with E-state index in [0.717, 1.165) is 9.13 Å². The summed E-state index contributed by atoms with van der Waals surface area (Å²) in [6.45, 7) is 1.32. The Morgan fingerprint density at radius 1 is 0.909 bits per heavy atom. The smallest absolute Gasteiger partial charge is 0.338 e. The van der Waals surface area contributed by atoms with Gasteiger partial charge in [-0.3, -0.25) is 23.5 Å². The number of carbonyl (C=O) groups excluding carboxylic acids is 3. The van der Waals surface area contributed by atoms with Crippen LogP contribution in [0.1, 0.15) is 50.0 Å². The van der Waals surface area contributed by atoms with E-state index >= 15 is 0 Å². The summed E-state index contributed by atoms with van der Waals surface area (Å²) in [5.41, 5.74) is 5.06. The molecule has 2 N–H and O–H groups in total. The Balaban J connectivity index is 1.74. The van der Waals surface area contributed by atoms with Crippen LogP contribution >= 0.6 is 0 Å². The summed E-state index contributed by atoms with van der Waals surface area (Å²) in [5, 5.41) is 0. The average molecular weight is 449 g/mol. The van der Waals surface area contributed by atoms with Crippen LogP contribution in [0.15, 0.2) is 64.2 Å². The van der Waals surface area contributed by atoms with Crippen LogP contribution in [-0.2, 0) is 18.3 Å². The van der Waals surface area contributed by atoms with E-state index in [4.69, 9.17) is 10.5 Å². The van der Waals surface area contributed by atoms with Crippen molar-refractivity contribution in [3.05, 3.63) is 97.7 Å². The van der Waals surface area contributed by atoms with Crippen LogP contribution in [-0.4, -0.2) is 33.3 Å². The van der Waals surface area contributed by atoms with Crippen molar-refractivity contribution >= 4 is 23.4 Å². The van der Waals surface area contributed by atoms with E-state index in [0.29, 0.717) is 17.5 Å². The zero-order valence-corrected chi connectivity index (χ0v) is 18.2. The molecular weight excluding hydrogens is 426 g/mol. The molecule has 1 aromatic heterocycles. The number of aromatic nitrogens is 2. The number of Topliss-reactive ketones (excluding diaryl/α,β-unsaturated/α-hetero) is 1. The Labute approximate surface area is 189 Å². The lowest BCUT2D eigenvalue weighted by atomic mass is 10.0. The minimum absolute atomic E-state index is 0.129. The molecule has 1 heterocycles. The number of nitrogens with zero attached hydrogens (tertiary/aromatic N) is 2. The van der Waals surface area contributed by atoms with E-state index in [-0.39, 0.29) is 23.7 Å². The van der Waals surface area contributed by atoms with Gasteiger partial charge in [0.05, 0.1) is 5.56 Å². The number of anilines is 1. The molecule has 0 fully saturated rings. The highest BCUT2D eigenvalue weighted by Gasteiger charge is 2.22. The fraction of sp³-hybridized carbons (Fsp3) is 0.208. The molecule has 0 atom stereocenters. The number of carbonyl (C=O) groups is 3. The Morgan fingerprint density at radius 2 is 1.48 bits per heavy atom. The molecule has 0 radical (unpaired) electrons. The number of nitrogens with two attached hydrogens (primary N) is 1. The fourth-order valence-electron chi connectivity index (χ4n) is 3.29. The van der Waals surface area contributed by atoms with Crippen molar-refractivity contribution in [1.29, 1.82) is 0 Å². The van der Waals surface area contributed by atoms with Gasteiger partial charge in [0.15, 0.2) is 12.4 Å². The van der Waals surface area contributed by atoms with E-state index < -0.39 is 35.2 Å². The molecule has 3 rings (SSSR count).